The maximum Gasteiger partial charge on any atom is 0.293 e. The molecule has 1 aliphatic rings. The summed E-state index contributed by atoms with van der Waals surface area (Å²) < 4.78 is 6.14. The Bertz CT molecular complexity index is 1180. The van der Waals surface area contributed by atoms with Crippen molar-refractivity contribution in [2.24, 2.45) is 5.73 Å². The molecule has 0 atom stereocenters. The van der Waals surface area contributed by atoms with Crippen LogP contribution in [0.3, 0.4) is 0 Å². The maximum atomic E-state index is 11.4. The molecule has 1 aliphatic heterocycles. The molecule has 0 saturated carbocycles. The van der Waals surface area contributed by atoms with Gasteiger partial charge in [-0.15, -0.1) is 0 Å². The van der Waals surface area contributed by atoms with Gasteiger partial charge >= 0.3 is 0 Å². The zero-order valence-corrected chi connectivity index (χ0v) is 20.7. The lowest BCUT2D eigenvalue weighted by molar-refractivity contribution is -0.117. The second-order valence-electron chi connectivity index (χ2n) is 9.29. The number of primary amides is 1. The van der Waals surface area contributed by atoms with Crippen LogP contribution in [-0.2, 0) is 35.3 Å². The summed E-state index contributed by atoms with van der Waals surface area (Å²) in [5, 5.41) is 0. The number of hydrogen-bond acceptors (Lipinski definition) is 6. The van der Waals surface area contributed by atoms with Crippen molar-refractivity contribution in [1.29, 1.82) is 0 Å². The third-order valence-electron chi connectivity index (χ3n) is 6.58. The number of hydrogen-bond donors (Lipinski definition) is 1. The topological polar surface area (TPSA) is 98.4 Å². The Labute approximate surface area is 213 Å². The molecular weight excluding hydrogens is 451 g/mol. The van der Waals surface area contributed by atoms with Crippen molar-refractivity contribution in [3.63, 3.8) is 0 Å². The summed E-state index contributed by atoms with van der Waals surface area (Å²) in [5.41, 5.74) is 10.7. The molecule has 1 aromatic heterocycles. The van der Waals surface area contributed by atoms with Gasteiger partial charge in [-0.3, -0.25) is 4.79 Å². The number of benzene rings is 2. The van der Waals surface area contributed by atoms with Crippen LogP contribution in [0.4, 0.5) is 0 Å². The van der Waals surface area contributed by atoms with Crippen molar-refractivity contribution in [1.82, 2.24) is 14.8 Å². The first-order chi connectivity index (χ1) is 17.5. The highest BCUT2D eigenvalue weighted by molar-refractivity contribution is 6.64. The molecule has 8 heteroatoms. The number of nitrogens with zero attached hydrogens (tertiary/aromatic N) is 3. The Morgan fingerprint density at radius 1 is 1.11 bits per heavy atom. The molecule has 2 N–H and O–H groups in total. The van der Waals surface area contributed by atoms with Gasteiger partial charge in [0.1, 0.15) is 17.7 Å². The molecule has 1 saturated heterocycles. The van der Waals surface area contributed by atoms with E-state index < -0.39 is 0 Å². The summed E-state index contributed by atoms with van der Waals surface area (Å²) in [5.74, 6) is 1.32. The predicted octanol–water partition coefficient (Wildman–Crippen LogP) is 2.84. The van der Waals surface area contributed by atoms with Gasteiger partial charge in [0.25, 0.3) is 7.41 Å². The smallest absolute Gasteiger partial charge is 0.293 e. The maximum absolute atomic E-state index is 11.4. The molecule has 3 aromatic rings. The van der Waals surface area contributed by atoms with Crippen LogP contribution < -0.4 is 10.5 Å². The fraction of sp³-hybridized carbons (Fsp3) is 0.357. The minimum Gasteiger partial charge on any atom is -0.490 e. The number of carbonyl (C=O) groups excluding carboxylic acids is 2. The molecule has 1 fully saturated rings. The molecule has 0 aliphatic carbocycles. The summed E-state index contributed by atoms with van der Waals surface area (Å²) in [6.45, 7) is 3.71. The van der Waals surface area contributed by atoms with Crippen LogP contribution in [0.1, 0.15) is 46.6 Å². The van der Waals surface area contributed by atoms with Gasteiger partial charge in [-0.2, -0.15) is 0 Å². The van der Waals surface area contributed by atoms with E-state index in [1.807, 2.05) is 54.3 Å². The van der Waals surface area contributed by atoms with E-state index in [0.717, 1.165) is 84.5 Å². The van der Waals surface area contributed by atoms with E-state index in [1.165, 1.54) is 0 Å². The molecule has 36 heavy (non-hydrogen) atoms. The standard InChI is InChI=1S/C28H32BN4O3/c1-20-18-31-28(32-26(20)11-8-22-4-2-3-5-23(22)17-27(30)35)16-21-6-9-24(10-7-21)36-25-12-14-33(15-13-25)29-19-34/h2-7,9-10,18-19,25H,8,11-17H2,1H3,(H2,30,35). The van der Waals surface area contributed by atoms with Crippen LogP contribution in [0, 0.1) is 6.92 Å². The quantitative estimate of drug-likeness (QED) is 0.333. The minimum absolute atomic E-state index is 0.170. The van der Waals surface area contributed by atoms with Crippen LogP contribution in [0.15, 0.2) is 54.7 Å². The first kappa shape index (κ1) is 25.6. The number of piperidine rings is 1. The number of rotatable bonds is 11. The summed E-state index contributed by atoms with van der Waals surface area (Å²) in [7, 11) is 1.60. The van der Waals surface area contributed by atoms with Crippen LogP contribution >= 0.6 is 0 Å². The molecule has 7 nitrogen and oxygen atoms in total. The SMILES string of the molecule is Cc1cnc(Cc2ccc(OC3CCN([B]C=O)CC3)cc2)nc1CCc1ccccc1CC(N)=O. The molecule has 0 spiro atoms. The zero-order valence-electron chi connectivity index (χ0n) is 20.7. The van der Waals surface area contributed by atoms with Crippen molar-refractivity contribution < 1.29 is 14.3 Å². The van der Waals surface area contributed by atoms with Gasteiger partial charge in [0.2, 0.25) is 5.91 Å². The summed E-state index contributed by atoms with van der Waals surface area (Å²) in [6, 6.07) is 16.1. The largest absolute Gasteiger partial charge is 0.490 e. The first-order valence-electron chi connectivity index (χ1n) is 12.4. The predicted molar refractivity (Wildman–Crippen MR) is 140 cm³/mol. The number of aryl methyl sites for hydroxylation is 3. The summed E-state index contributed by atoms with van der Waals surface area (Å²) >= 11 is 0. The molecule has 2 aromatic carbocycles. The number of amides is 1. The zero-order chi connectivity index (χ0) is 25.3. The lowest BCUT2D eigenvalue weighted by Crippen LogP contribution is -2.40. The Morgan fingerprint density at radius 3 is 2.53 bits per heavy atom. The van der Waals surface area contributed by atoms with E-state index in [-0.39, 0.29) is 18.4 Å². The first-order valence-corrected chi connectivity index (χ1v) is 12.4. The molecule has 1 radical (unpaired) electrons. The Hall–Kier alpha value is -3.52. The molecule has 185 valence electrons. The Kier molecular flexibility index (Phi) is 8.84. The third kappa shape index (κ3) is 7.24. The van der Waals surface area contributed by atoms with Gasteiger partial charge < -0.3 is 20.1 Å². The third-order valence-corrected chi connectivity index (χ3v) is 6.58. The number of carbonyl (C=O) groups is 2. The van der Waals surface area contributed by atoms with Gasteiger partial charge in [0, 0.05) is 18.3 Å². The van der Waals surface area contributed by atoms with Crippen molar-refractivity contribution >= 4 is 19.5 Å². The highest BCUT2D eigenvalue weighted by Gasteiger charge is 2.20. The minimum atomic E-state index is -0.321. The number of aromatic nitrogens is 2. The molecule has 0 unspecified atom stereocenters. The monoisotopic (exact) mass is 483 g/mol. The lowest BCUT2D eigenvalue weighted by atomic mass is 9.90. The average Bonchev–Trinajstić information content (AvgIpc) is 2.87. The van der Waals surface area contributed by atoms with Crippen molar-refractivity contribution in [3.8, 4) is 5.75 Å². The van der Waals surface area contributed by atoms with Crippen molar-refractivity contribution in [2.75, 3.05) is 13.1 Å². The lowest BCUT2D eigenvalue weighted by Gasteiger charge is -2.30. The summed E-state index contributed by atoms with van der Waals surface area (Å²) in [4.78, 5) is 33.5. The van der Waals surface area contributed by atoms with E-state index >= 15 is 0 Å². The van der Waals surface area contributed by atoms with Gasteiger partial charge in [-0.25, -0.2) is 9.97 Å². The van der Waals surface area contributed by atoms with Crippen molar-refractivity contribution in [3.05, 3.63) is 88.5 Å². The van der Waals surface area contributed by atoms with E-state index in [4.69, 9.17) is 15.5 Å². The molecule has 1 amide bonds. The van der Waals surface area contributed by atoms with Gasteiger partial charge in [0.15, 0.2) is 0 Å². The van der Waals surface area contributed by atoms with Crippen molar-refractivity contribution in [2.45, 2.75) is 51.6 Å². The summed E-state index contributed by atoms with van der Waals surface area (Å²) in [6.07, 6.45) is 7.16. The van der Waals surface area contributed by atoms with Crippen LogP contribution in [0.5, 0.6) is 5.75 Å². The van der Waals surface area contributed by atoms with E-state index in [2.05, 4.69) is 17.1 Å². The Morgan fingerprint density at radius 2 is 1.83 bits per heavy atom. The highest BCUT2D eigenvalue weighted by Crippen LogP contribution is 2.21. The van der Waals surface area contributed by atoms with E-state index in [1.54, 1.807) is 7.41 Å². The molecular formula is C28H32BN4O3. The molecule has 0 bridgehead atoms. The van der Waals surface area contributed by atoms with Gasteiger partial charge in [-0.1, -0.05) is 36.4 Å². The Balaban J connectivity index is 1.34. The molecule has 2 heterocycles. The number of nitrogens with two attached hydrogens (primary N) is 1. The average molecular weight is 483 g/mol. The fourth-order valence-electron chi connectivity index (χ4n) is 4.56. The van der Waals surface area contributed by atoms with Crippen LogP contribution in [0.25, 0.3) is 0 Å². The second kappa shape index (κ2) is 12.4. The van der Waals surface area contributed by atoms with E-state index in [0.29, 0.717) is 6.42 Å². The van der Waals surface area contributed by atoms with Crippen LogP contribution in [0.2, 0.25) is 0 Å². The van der Waals surface area contributed by atoms with Gasteiger partial charge in [-0.05, 0) is 80.1 Å². The normalized spacial score (nSPS) is 14.4. The molecule has 4 rings (SSSR count). The second-order valence-corrected chi connectivity index (χ2v) is 9.29. The highest BCUT2D eigenvalue weighted by atomic mass is 16.5. The van der Waals surface area contributed by atoms with Gasteiger partial charge in [0.05, 0.1) is 12.6 Å². The van der Waals surface area contributed by atoms with E-state index in [9.17, 15) is 9.59 Å². The van der Waals surface area contributed by atoms with Crippen LogP contribution in [-0.4, -0.2) is 53.5 Å². The fourth-order valence-corrected chi connectivity index (χ4v) is 4.56. The number of ether oxygens (including phenoxy) is 1.